The summed E-state index contributed by atoms with van der Waals surface area (Å²) >= 11 is 0. The highest BCUT2D eigenvalue weighted by atomic mass is 16.3. The molecule has 0 unspecified atom stereocenters. The van der Waals surface area contributed by atoms with E-state index < -0.39 is 0 Å². The molecule has 0 aromatic heterocycles. The minimum absolute atomic E-state index is 0.468. The van der Waals surface area contributed by atoms with Gasteiger partial charge in [0, 0.05) is 6.42 Å². The molecule has 1 heteroatoms. The molecule has 1 N–H and O–H groups in total. The van der Waals surface area contributed by atoms with Crippen molar-refractivity contribution in [2.75, 3.05) is 0 Å². The van der Waals surface area contributed by atoms with Crippen molar-refractivity contribution in [3.8, 4) is 0 Å². The Hall–Kier alpha value is -0.460. The van der Waals surface area contributed by atoms with Crippen LogP contribution in [0.5, 0.6) is 0 Å². The number of aliphatic hydroxyl groups excluding tert-OH is 1. The number of allylic oxidation sites excluding steroid dienone is 2. The van der Waals surface area contributed by atoms with Crippen molar-refractivity contribution in [2.45, 2.75) is 59.3 Å². The van der Waals surface area contributed by atoms with E-state index in [-0.39, 0.29) is 0 Å². The Kier molecular flexibility index (Phi) is 7.86. The monoisotopic (exact) mass is 184 g/mol. The lowest BCUT2D eigenvalue weighted by atomic mass is 10.1. The van der Waals surface area contributed by atoms with Crippen molar-refractivity contribution in [1.29, 1.82) is 0 Å². The topological polar surface area (TPSA) is 20.2 Å². The van der Waals surface area contributed by atoms with E-state index in [0.717, 1.165) is 12.8 Å². The largest absolute Gasteiger partial charge is 0.513 e. The van der Waals surface area contributed by atoms with Crippen LogP contribution in [0, 0.1) is 5.92 Å². The summed E-state index contributed by atoms with van der Waals surface area (Å²) < 4.78 is 0. The average molecular weight is 184 g/mol. The lowest BCUT2D eigenvalue weighted by Gasteiger charge is -2.02. The molecule has 0 aromatic rings. The van der Waals surface area contributed by atoms with Crippen LogP contribution >= 0.6 is 0 Å². The molecule has 0 aliphatic rings. The quantitative estimate of drug-likeness (QED) is 0.458. The zero-order valence-corrected chi connectivity index (χ0v) is 9.34. The van der Waals surface area contributed by atoms with Gasteiger partial charge in [0.25, 0.3) is 0 Å². The Bertz CT molecular complexity index is 136. The van der Waals surface area contributed by atoms with E-state index in [2.05, 4.69) is 20.8 Å². The highest BCUT2D eigenvalue weighted by Gasteiger charge is 1.95. The molecule has 0 aliphatic carbocycles. The van der Waals surface area contributed by atoms with E-state index in [1.165, 1.54) is 25.7 Å². The summed E-state index contributed by atoms with van der Waals surface area (Å²) in [5, 5.41) is 9.44. The molecule has 0 aromatic carbocycles. The molecule has 0 aliphatic heterocycles. The molecule has 0 saturated heterocycles. The van der Waals surface area contributed by atoms with Crippen LogP contribution in [0.2, 0.25) is 0 Å². The molecule has 0 spiro atoms. The fourth-order valence-electron chi connectivity index (χ4n) is 1.38. The van der Waals surface area contributed by atoms with Crippen LogP contribution in [0.25, 0.3) is 0 Å². The molecule has 0 fully saturated rings. The maximum Gasteiger partial charge on any atom is 0.0885 e. The van der Waals surface area contributed by atoms with Crippen molar-refractivity contribution in [1.82, 2.24) is 0 Å². The first-order valence-electron chi connectivity index (χ1n) is 5.56. The highest BCUT2D eigenvalue weighted by Crippen LogP contribution is 2.10. The smallest absolute Gasteiger partial charge is 0.0885 e. The lowest BCUT2D eigenvalue weighted by molar-refractivity contribution is 0.374. The maximum atomic E-state index is 9.44. The summed E-state index contributed by atoms with van der Waals surface area (Å²) in [6.45, 7) is 6.40. The van der Waals surface area contributed by atoms with Crippen LogP contribution in [-0.4, -0.2) is 5.11 Å². The minimum Gasteiger partial charge on any atom is -0.513 e. The van der Waals surface area contributed by atoms with E-state index in [0.29, 0.717) is 11.7 Å². The molecule has 0 atom stereocenters. The lowest BCUT2D eigenvalue weighted by Crippen LogP contribution is -1.87. The Morgan fingerprint density at radius 3 is 2.31 bits per heavy atom. The second-order valence-corrected chi connectivity index (χ2v) is 4.07. The van der Waals surface area contributed by atoms with Crippen LogP contribution in [0.15, 0.2) is 11.8 Å². The van der Waals surface area contributed by atoms with Gasteiger partial charge in [0.2, 0.25) is 0 Å². The van der Waals surface area contributed by atoms with Crippen molar-refractivity contribution >= 4 is 0 Å². The number of rotatable bonds is 7. The van der Waals surface area contributed by atoms with Crippen LogP contribution in [0.4, 0.5) is 0 Å². The summed E-state index contributed by atoms with van der Waals surface area (Å²) in [6, 6.07) is 0. The van der Waals surface area contributed by atoms with Gasteiger partial charge < -0.3 is 5.11 Å². The fourth-order valence-corrected chi connectivity index (χ4v) is 1.38. The standard InChI is InChI=1S/C12H24O/c1-4-5-6-7-8-9-12(13)10-11(2)3/h10-11,13H,4-9H2,1-3H3. The first kappa shape index (κ1) is 12.5. The van der Waals surface area contributed by atoms with Crippen molar-refractivity contribution in [3.63, 3.8) is 0 Å². The zero-order valence-electron chi connectivity index (χ0n) is 9.34. The Morgan fingerprint density at radius 2 is 1.77 bits per heavy atom. The second kappa shape index (κ2) is 8.15. The third-order valence-corrected chi connectivity index (χ3v) is 2.06. The summed E-state index contributed by atoms with van der Waals surface area (Å²) in [5.41, 5.74) is 0. The molecule has 0 rings (SSSR count). The summed E-state index contributed by atoms with van der Waals surface area (Å²) in [6.07, 6.45) is 9.12. The van der Waals surface area contributed by atoms with E-state index >= 15 is 0 Å². The van der Waals surface area contributed by atoms with Crippen LogP contribution in [0.1, 0.15) is 59.3 Å². The van der Waals surface area contributed by atoms with Crippen LogP contribution in [0.3, 0.4) is 0 Å². The fraction of sp³-hybridized carbons (Fsp3) is 0.833. The average Bonchev–Trinajstić information content (AvgIpc) is 2.02. The van der Waals surface area contributed by atoms with Gasteiger partial charge in [-0.2, -0.15) is 0 Å². The molecule has 0 amide bonds. The van der Waals surface area contributed by atoms with Gasteiger partial charge in [-0.3, -0.25) is 0 Å². The third-order valence-electron chi connectivity index (χ3n) is 2.06. The van der Waals surface area contributed by atoms with E-state index in [4.69, 9.17) is 0 Å². The van der Waals surface area contributed by atoms with Crippen LogP contribution < -0.4 is 0 Å². The molecule has 0 saturated carbocycles. The highest BCUT2D eigenvalue weighted by molar-refractivity contribution is 4.92. The summed E-state index contributed by atoms with van der Waals surface area (Å²) in [7, 11) is 0. The van der Waals surface area contributed by atoms with Gasteiger partial charge in [-0.05, 0) is 18.4 Å². The first-order chi connectivity index (χ1) is 6.16. The maximum absolute atomic E-state index is 9.44. The number of hydrogen-bond donors (Lipinski definition) is 1. The van der Waals surface area contributed by atoms with Gasteiger partial charge in [-0.25, -0.2) is 0 Å². The summed E-state index contributed by atoms with van der Waals surface area (Å²) in [4.78, 5) is 0. The number of aliphatic hydroxyl groups is 1. The number of unbranched alkanes of at least 4 members (excludes halogenated alkanes) is 4. The van der Waals surface area contributed by atoms with E-state index in [9.17, 15) is 5.11 Å². The second-order valence-electron chi connectivity index (χ2n) is 4.07. The molecule has 0 bridgehead atoms. The normalized spacial score (nSPS) is 12.5. The SMILES string of the molecule is CCCCCCCC(O)=CC(C)C. The van der Waals surface area contributed by atoms with Crippen LogP contribution in [-0.2, 0) is 0 Å². The van der Waals surface area contributed by atoms with Crippen molar-refractivity contribution in [3.05, 3.63) is 11.8 Å². The summed E-state index contributed by atoms with van der Waals surface area (Å²) in [5.74, 6) is 1.04. The Labute approximate surface area is 82.9 Å². The van der Waals surface area contributed by atoms with Gasteiger partial charge in [0.05, 0.1) is 5.76 Å². The molecule has 78 valence electrons. The van der Waals surface area contributed by atoms with Gasteiger partial charge in [0.1, 0.15) is 0 Å². The molecule has 1 nitrogen and oxygen atoms in total. The van der Waals surface area contributed by atoms with Gasteiger partial charge in [-0.1, -0.05) is 46.5 Å². The first-order valence-corrected chi connectivity index (χ1v) is 5.56. The zero-order chi connectivity index (χ0) is 10.1. The Morgan fingerprint density at radius 1 is 1.15 bits per heavy atom. The molecule has 0 radical (unpaired) electrons. The molecular weight excluding hydrogens is 160 g/mol. The molecule has 0 heterocycles. The van der Waals surface area contributed by atoms with Crippen molar-refractivity contribution in [2.24, 2.45) is 5.92 Å². The molecule has 13 heavy (non-hydrogen) atoms. The minimum atomic E-state index is 0.468. The van der Waals surface area contributed by atoms with E-state index in [1.54, 1.807) is 0 Å². The van der Waals surface area contributed by atoms with Gasteiger partial charge >= 0.3 is 0 Å². The van der Waals surface area contributed by atoms with Gasteiger partial charge in [-0.15, -0.1) is 0 Å². The predicted octanol–water partition coefficient (Wildman–Crippen LogP) is 4.44. The molecular formula is C12H24O. The van der Waals surface area contributed by atoms with Gasteiger partial charge in [0.15, 0.2) is 0 Å². The number of hydrogen-bond acceptors (Lipinski definition) is 1. The Balaban J connectivity index is 3.31. The van der Waals surface area contributed by atoms with Crippen molar-refractivity contribution < 1.29 is 5.11 Å². The predicted molar refractivity (Wildman–Crippen MR) is 58.9 cm³/mol. The third kappa shape index (κ3) is 9.45. The van der Waals surface area contributed by atoms with E-state index in [1.807, 2.05) is 6.08 Å².